The number of hydrogen-bond acceptors (Lipinski definition) is 1. The Hall–Kier alpha value is -1.08. The number of aliphatic hydroxyl groups excluding tert-OH is 1. The zero-order chi connectivity index (χ0) is 11.5. The van der Waals surface area contributed by atoms with Gasteiger partial charge in [0.05, 0.1) is 6.61 Å². The van der Waals surface area contributed by atoms with Gasteiger partial charge in [0.25, 0.3) is 0 Å². The number of hydrogen-bond donors (Lipinski definition) is 1. The summed E-state index contributed by atoms with van der Waals surface area (Å²) < 4.78 is 0. The van der Waals surface area contributed by atoms with Gasteiger partial charge < -0.3 is 5.11 Å². The molecule has 2 rings (SSSR count). The molecule has 3 atom stereocenters. The maximum atomic E-state index is 9.62. The van der Waals surface area contributed by atoms with Crippen molar-refractivity contribution in [1.29, 1.82) is 0 Å². The second kappa shape index (κ2) is 4.84. The lowest BCUT2D eigenvalue weighted by Crippen LogP contribution is -2.24. The third kappa shape index (κ3) is 1.92. The smallest absolute Gasteiger partial charge is 0.0505 e. The minimum Gasteiger partial charge on any atom is -0.396 e. The summed E-state index contributed by atoms with van der Waals surface area (Å²) in [6, 6.07) is 8.39. The predicted octanol–water partition coefficient (Wildman–Crippen LogP) is 3.45. The molecule has 0 radical (unpaired) electrons. The first-order chi connectivity index (χ1) is 7.77. The Kier molecular flexibility index (Phi) is 3.45. The molecule has 0 aliphatic heterocycles. The first-order valence-electron chi connectivity index (χ1n) is 6.16. The van der Waals surface area contributed by atoms with E-state index in [2.05, 4.69) is 50.3 Å². The van der Waals surface area contributed by atoms with Crippen LogP contribution in [-0.2, 0) is 0 Å². The highest BCUT2D eigenvalue weighted by Crippen LogP contribution is 2.38. The van der Waals surface area contributed by atoms with Crippen LogP contribution in [0.1, 0.15) is 37.3 Å². The fourth-order valence-electron chi connectivity index (χ4n) is 2.64. The molecule has 1 aliphatic rings. The maximum absolute atomic E-state index is 9.62. The largest absolute Gasteiger partial charge is 0.396 e. The van der Waals surface area contributed by atoms with Crippen molar-refractivity contribution in [3.8, 4) is 0 Å². The Bertz CT molecular complexity index is 381. The zero-order valence-electron chi connectivity index (χ0n) is 10.1. The van der Waals surface area contributed by atoms with Crippen LogP contribution in [0.5, 0.6) is 0 Å². The molecule has 0 fully saturated rings. The van der Waals surface area contributed by atoms with Gasteiger partial charge in [-0.15, -0.1) is 0 Å². The van der Waals surface area contributed by atoms with Gasteiger partial charge >= 0.3 is 0 Å². The van der Waals surface area contributed by atoms with E-state index < -0.39 is 0 Å². The third-order valence-corrected chi connectivity index (χ3v) is 3.86. The summed E-state index contributed by atoms with van der Waals surface area (Å²) in [6.07, 6.45) is 5.64. The van der Waals surface area contributed by atoms with Gasteiger partial charge in [0.2, 0.25) is 0 Å². The Labute approximate surface area is 97.8 Å². The van der Waals surface area contributed by atoms with Crippen LogP contribution in [0.15, 0.2) is 30.3 Å². The molecule has 0 aromatic heterocycles. The van der Waals surface area contributed by atoms with Crippen molar-refractivity contribution in [3.63, 3.8) is 0 Å². The summed E-state index contributed by atoms with van der Waals surface area (Å²) in [5.74, 6) is 1.38. The predicted molar refractivity (Wildman–Crippen MR) is 68.2 cm³/mol. The highest BCUT2D eigenvalue weighted by atomic mass is 16.3. The average Bonchev–Trinajstić information content (AvgIpc) is 2.36. The van der Waals surface area contributed by atoms with Gasteiger partial charge in [-0.2, -0.15) is 0 Å². The number of aliphatic hydroxyl groups is 1. The van der Waals surface area contributed by atoms with Crippen LogP contribution in [0.2, 0.25) is 0 Å². The fourth-order valence-corrected chi connectivity index (χ4v) is 2.64. The summed E-state index contributed by atoms with van der Waals surface area (Å²) in [4.78, 5) is 0. The summed E-state index contributed by atoms with van der Waals surface area (Å²) in [5.41, 5.74) is 2.57. The Morgan fingerprint density at radius 2 is 2.06 bits per heavy atom. The molecule has 1 aliphatic carbocycles. The van der Waals surface area contributed by atoms with Crippen LogP contribution in [0.4, 0.5) is 0 Å². The maximum Gasteiger partial charge on any atom is 0.0505 e. The average molecular weight is 216 g/mol. The standard InChI is InChI=1S/C15H20O/c1-3-11(2)13-9-8-12-6-4-5-7-14(12)15(13)10-16/h4-9,11,13,15-16H,3,10H2,1-2H3/t11?,13-,15-/m0/s1. The van der Waals surface area contributed by atoms with E-state index in [1.807, 2.05) is 0 Å². The van der Waals surface area contributed by atoms with Crippen LogP contribution in [-0.4, -0.2) is 11.7 Å². The monoisotopic (exact) mass is 216 g/mol. The molecule has 86 valence electrons. The Morgan fingerprint density at radius 3 is 2.75 bits per heavy atom. The molecule has 0 heterocycles. The van der Waals surface area contributed by atoms with Crippen LogP contribution in [0, 0.1) is 11.8 Å². The lowest BCUT2D eigenvalue weighted by Gasteiger charge is -2.32. The van der Waals surface area contributed by atoms with Crippen molar-refractivity contribution in [2.45, 2.75) is 26.2 Å². The highest BCUT2D eigenvalue weighted by molar-refractivity contribution is 5.58. The van der Waals surface area contributed by atoms with E-state index in [0.717, 1.165) is 6.42 Å². The first-order valence-corrected chi connectivity index (χ1v) is 6.16. The van der Waals surface area contributed by atoms with Gasteiger partial charge in [0, 0.05) is 5.92 Å². The molecule has 0 saturated heterocycles. The SMILES string of the molecule is CCC(C)[C@@H]1C=Cc2ccccc2[C@H]1CO. The second-order valence-corrected chi connectivity index (χ2v) is 4.74. The van der Waals surface area contributed by atoms with Crippen LogP contribution in [0.3, 0.4) is 0 Å². The molecule has 1 aromatic carbocycles. The number of fused-ring (bicyclic) bond motifs is 1. The van der Waals surface area contributed by atoms with Crippen molar-refractivity contribution in [2.24, 2.45) is 11.8 Å². The molecular formula is C15H20O. The van der Waals surface area contributed by atoms with Crippen molar-refractivity contribution in [2.75, 3.05) is 6.61 Å². The van der Waals surface area contributed by atoms with E-state index in [4.69, 9.17) is 0 Å². The lowest BCUT2D eigenvalue weighted by molar-refractivity contribution is 0.212. The highest BCUT2D eigenvalue weighted by Gasteiger charge is 2.28. The number of benzene rings is 1. The fraction of sp³-hybridized carbons (Fsp3) is 0.467. The molecule has 1 nitrogen and oxygen atoms in total. The van der Waals surface area contributed by atoms with E-state index in [1.54, 1.807) is 0 Å². The molecule has 1 heteroatoms. The van der Waals surface area contributed by atoms with Crippen LogP contribution < -0.4 is 0 Å². The minimum atomic E-state index is 0.246. The molecule has 16 heavy (non-hydrogen) atoms. The normalized spacial score (nSPS) is 25.2. The van der Waals surface area contributed by atoms with Crippen molar-refractivity contribution in [1.82, 2.24) is 0 Å². The molecule has 0 spiro atoms. The minimum absolute atomic E-state index is 0.246. The van der Waals surface area contributed by atoms with E-state index in [0.29, 0.717) is 11.8 Å². The van der Waals surface area contributed by atoms with Crippen LogP contribution >= 0.6 is 0 Å². The van der Waals surface area contributed by atoms with Gasteiger partial charge in [0.1, 0.15) is 0 Å². The van der Waals surface area contributed by atoms with E-state index >= 15 is 0 Å². The van der Waals surface area contributed by atoms with E-state index in [1.165, 1.54) is 11.1 Å². The number of allylic oxidation sites excluding steroid dienone is 1. The summed E-state index contributed by atoms with van der Waals surface area (Å²) in [7, 11) is 0. The summed E-state index contributed by atoms with van der Waals surface area (Å²) in [6.45, 7) is 4.73. The molecular weight excluding hydrogens is 196 g/mol. The molecule has 1 unspecified atom stereocenters. The van der Waals surface area contributed by atoms with Gasteiger partial charge in [-0.1, -0.05) is 56.7 Å². The van der Waals surface area contributed by atoms with Crippen molar-refractivity contribution < 1.29 is 5.11 Å². The van der Waals surface area contributed by atoms with Gasteiger partial charge in [0.15, 0.2) is 0 Å². The summed E-state index contributed by atoms with van der Waals surface area (Å²) >= 11 is 0. The van der Waals surface area contributed by atoms with E-state index in [9.17, 15) is 5.11 Å². The van der Waals surface area contributed by atoms with E-state index in [-0.39, 0.29) is 12.5 Å². The molecule has 0 saturated carbocycles. The first kappa shape index (κ1) is 11.4. The van der Waals surface area contributed by atoms with Crippen molar-refractivity contribution in [3.05, 3.63) is 41.5 Å². The molecule has 1 N–H and O–H groups in total. The van der Waals surface area contributed by atoms with Crippen molar-refractivity contribution >= 4 is 6.08 Å². The molecule has 0 bridgehead atoms. The summed E-state index contributed by atoms with van der Waals surface area (Å²) in [5, 5.41) is 9.62. The molecule has 0 amide bonds. The lowest BCUT2D eigenvalue weighted by atomic mass is 9.73. The van der Waals surface area contributed by atoms with Gasteiger partial charge in [-0.25, -0.2) is 0 Å². The second-order valence-electron chi connectivity index (χ2n) is 4.74. The Balaban J connectivity index is 2.36. The number of rotatable bonds is 3. The molecule has 1 aromatic rings. The Morgan fingerprint density at radius 1 is 1.31 bits per heavy atom. The quantitative estimate of drug-likeness (QED) is 0.820. The van der Waals surface area contributed by atoms with Gasteiger partial charge in [-0.05, 0) is 23.0 Å². The third-order valence-electron chi connectivity index (χ3n) is 3.86. The topological polar surface area (TPSA) is 20.2 Å². The zero-order valence-corrected chi connectivity index (χ0v) is 10.1. The van der Waals surface area contributed by atoms with Crippen LogP contribution in [0.25, 0.3) is 6.08 Å². The van der Waals surface area contributed by atoms with Gasteiger partial charge in [-0.3, -0.25) is 0 Å².